The van der Waals surface area contributed by atoms with Gasteiger partial charge in [0.25, 0.3) is 0 Å². The first-order valence-electron chi connectivity index (χ1n) is 5.96. The Morgan fingerprint density at radius 1 is 1.07 bits per heavy atom. The van der Waals surface area contributed by atoms with Gasteiger partial charge in [-0.15, -0.1) is 0 Å². The first kappa shape index (κ1) is 8.26. The van der Waals surface area contributed by atoms with Crippen molar-refractivity contribution in [2.24, 2.45) is 35.5 Å². The van der Waals surface area contributed by atoms with Gasteiger partial charge < -0.3 is 0 Å². The van der Waals surface area contributed by atoms with Crippen molar-refractivity contribution < 1.29 is 9.59 Å². The molecule has 0 heterocycles. The van der Waals surface area contributed by atoms with Gasteiger partial charge in [0.2, 0.25) is 0 Å². The highest BCUT2D eigenvalue weighted by Crippen LogP contribution is 2.72. The number of carbonyl (C=O) groups is 2. The average Bonchev–Trinajstić information content (AvgIpc) is 2.14. The van der Waals surface area contributed by atoms with Crippen LogP contribution in [0.25, 0.3) is 0 Å². The molecule has 0 aromatic rings. The number of carbonyl (C=O) groups excluding carboxylic acids is 2. The number of Topliss-reactive ketones (excluding diaryl/α,β-unsaturated/α-hetero) is 1. The molecule has 0 unspecified atom stereocenters. The minimum absolute atomic E-state index is 0.0905. The quantitative estimate of drug-likeness (QED) is 0.598. The van der Waals surface area contributed by atoms with Crippen LogP contribution in [0.5, 0.6) is 0 Å². The van der Waals surface area contributed by atoms with Gasteiger partial charge in [0.15, 0.2) is 11.6 Å². The zero-order valence-electron chi connectivity index (χ0n) is 8.77. The van der Waals surface area contributed by atoms with Gasteiger partial charge >= 0.3 is 0 Å². The average molecular weight is 202 g/mol. The highest BCUT2D eigenvalue weighted by Gasteiger charge is 2.72. The minimum Gasteiger partial charge on any atom is -0.294 e. The highest BCUT2D eigenvalue weighted by atomic mass is 16.1. The van der Waals surface area contributed by atoms with Crippen molar-refractivity contribution >= 4 is 11.6 Å². The summed E-state index contributed by atoms with van der Waals surface area (Å²) in [5, 5.41) is 0. The van der Waals surface area contributed by atoms with Gasteiger partial charge in [0.1, 0.15) is 0 Å². The number of rotatable bonds is 0. The maximum Gasteiger partial charge on any atom is 0.162 e. The molecule has 15 heavy (non-hydrogen) atoms. The van der Waals surface area contributed by atoms with Crippen LogP contribution in [0.3, 0.4) is 0 Å². The van der Waals surface area contributed by atoms with E-state index in [4.69, 9.17) is 0 Å². The van der Waals surface area contributed by atoms with Gasteiger partial charge in [-0.05, 0) is 55.1 Å². The van der Waals surface area contributed by atoms with E-state index in [-0.39, 0.29) is 23.4 Å². The van der Waals surface area contributed by atoms with Gasteiger partial charge in [-0.25, -0.2) is 0 Å². The Hall–Kier alpha value is -0.920. The number of hydrogen-bond donors (Lipinski definition) is 0. The van der Waals surface area contributed by atoms with Crippen LogP contribution in [-0.4, -0.2) is 11.6 Å². The summed E-state index contributed by atoms with van der Waals surface area (Å²) < 4.78 is 0. The second-order valence-electron chi connectivity index (χ2n) is 5.71. The Bertz CT molecular complexity index is 420. The van der Waals surface area contributed by atoms with Crippen LogP contribution in [-0.2, 0) is 9.59 Å². The summed E-state index contributed by atoms with van der Waals surface area (Å²) in [6, 6.07) is 0. The molecule has 2 nitrogen and oxygen atoms in total. The first-order chi connectivity index (χ1) is 7.20. The van der Waals surface area contributed by atoms with Gasteiger partial charge in [0, 0.05) is 11.8 Å². The summed E-state index contributed by atoms with van der Waals surface area (Å²) in [6.07, 6.45) is 4.20. The van der Waals surface area contributed by atoms with E-state index < -0.39 is 0 Å². The zero-order chi connectivity index (χ0) is 10.3. The summed E-state index contributed by atoms with van der Waals surface area (Å²) in [4.78, 5) is 23.8. The molecule has 3 saturated carbocycles. The number of hydrogen-bond acceptors (Lipinski definition) is 2. The van der Waals surface area contributed by atoms with Crippen LogP contribution in [0.15, 0.2) is 11.6 Å². The van der Waals surface area contributed by atoms with E-state index in [0.29, 0.717) is 17.4 Å². The molecule has 0 radical (unpaired) electrons. The third-order valence-corrected chi connectivity index (χ3v) is 5.41. The molecule has 0 spiro atoms. The minimum atomic E-state index is 0.0905. The highest BCUT2D eigenvalue weighted by molar-refractivity contribution is 6.12. The van der Waals surface area contributed by atoms with Crippen molar-refractivity contribution in [1.29, 1.82) is 0 Å². The van der Waals surface area contributed by atoms with Crippen molar-refractivity contribution in [3.63, 3.8) is 0 Å². The smallest absolute Gasteiger partial charge is 0.162 e. The van der Waals surface area contributed by atoms with Crippen LogP contribution < -0.4 is 0 Å². The number of fused-ring (bicyclic) bond motifs is 7. The summed E-state index contributed by atoms with van der Waals surface area (Å²) in [6.45, 7) is 1.79. The van der Waals surface area contributed by atoms with Gasteiger partial charge in [-0.1, -0.05) is 0 Å². The Morgan fingerprint density at radius 3 is 2.27 bits per heavy atom. The summed E-state index contributed by atoms with van der Waals surface area (Å²) >= 11 is 0. The molecule has 0 aromatic heterocycles. The molecule has 0 aliphatic heterocycles. The molecule has 2 heteroatoms. The van der Waals surface area contributed by atoms with Crippen molar-refractivity contribution in [3.05, 3.63) is 11.6 Å². The molecule has 4 aliphatic carbocycles. The molecule has 0 aromatic carbocycles. The molecule has 0 N–H and O–H groups in total. The topological polar surface area (TPSA) is 34.1 Å². The van der Waals surface area contributed by atoms with Crippen LogP contribution in [0.2, 0.25) is 0 Å². The van der Waals surface area contributed by atoms with Crippen LogP contribution in [0, 0.1) is 35.5 Å². The Kier molecular flexibility index (Phi) is 1.24. The predicted molar refractivity (Wildman–Crippen MR) is 53.9 cm³/mol. The summed E-state index contributed by atoms with van der Waals surface area (Å²) in [7, 11) is 0. The Labute approximate surface area is 88.7 Å². The van der Waals surface area contributed by atoms with Crippen LogP contribution in [0.1, 0.15) is 19.8 Å². The van der Waals surface area contributed by atoms with E-state index >= 15 is 0 Å². The lowest BCUT2D eigenvalue weighted by atomic mass is 9.31. The van der Waals surface area contributed by atoms with Crippen LogP contribution in [0.4, 0.5) is 0 Å². The lowest BCUT2D eigenvalue weighted by Gasteiger charge is -2.72. The molecule has 4 aliphatic rings. The van der Waals surface area contributed by atoms with Crippen LogP contribution >= 0.6 is 0 Å². The first-order valence-corrected chi connectivity index (χ1v) is 5.96. The largest absolute Gasteiger partial charge is 0.294 e. The van der Waals surface area contributed by atoms with Gasteiger partial charge in [-0.2, -0.15) is 0 Å². The summed E-state index contributed by atoms with van der Waals surface area (Å²) in [5.74, 6) is 3.49. The van der Waals surface area contributed by atoms with E-state index in [1.54, 1.807) is 13.0 Å². The molecule has 0 amide bonds. The molecular formula is C13H14O2. The monoisotopic (exact) mass is 202 g/mol. The van der Waals surface area contributed by atoms with Gasteiger partial charge in [0.05, 0.1) is 0 Å². The lowest BCUT2D eigenvalue weighted by Crippen LogP contribution is -2.72. The van der Waals surface area contributed by atoms with Gasteiger partial charge in [-0.3, -0.25) is 9.59 Å². The predicted octanol–water partition coefficient (Wildman–Crippen LogP) is 1.60. The molecule has 4 rings (SSSR count). The van der Waals surface area contributed by atoms with E-state index in [1.165, 1.54) is 12.8 Å². The SMILES string of the molecule is CC1=CC(=O)[C@@H]2[C@H](C1=O)[C@H]1[C@@H]3CC[C@@H]3[C@@H]21. The molecule has 0 bridgehead atoms. The maximum absolute atomic E-state index is 12.0. The second-order valence-corrected chi connectivity index (χ2v) is 5.71. The fraction of sp³-hybridized carbons (Fsp3) is 0.692. The zero-order valence-corrected chi connectivity index (χ0v) is 8.77. The number of allylic oxidation sites excluding steroid dienone is 2. The maximum atomic E-state index is 12.0. The normalized spacial score (nSPS) is 55.1. The van der Waals surface area contributed by atoms with Crippen molar-refractivity contribution in [2.75, 3.05) is 0 Å². The molecule has 6 atom stereocenters. The van der Waals surface area contributed by atoms with Crippen molar-refractivity contribution in [3.8, 4) is 0 Å². The van der Waals surface area contributed by atoms with Crippen molar-refractivity contribution in [1.82, 2.24) is 0 Å². The van der Waals surface area contributed by atoms with E-state index in [0.717, 1.165) is 11.8 Å². The van der Waals surface area contributed by atoms with E-state index in [9.17, 15) is 9.59 Å². The molecule has 0 saturated heterocycles. The molecule has 78 valence electrons. The van der Waals surface area contributed by atoms with E-state index in [1.807, 2.05) is 0 Å². The summed E-state index contributed by atoms with van der Waals surface area (Å²) in [5.41, 5.74) is 0.697. The number of ketones is 2. The second kappa shape index (κ2) is 2.26. The Morgan fingerprint density at radius 2 is 1.67 bits per heavy atom. The third kappa shape index (κ3) is 0.695. The standard InChI is InChI=1S/C13H14O2/c1-5-4-8(14)11-9-6-2-3-7(6)10(9)12(11)13(5)15/h4,6-7,9-12H,2-3H2,1H3/t6-,7+,9+,10-,11-,12+/m0/s1. The fourth-order valence-electron chi connectivity index (χ4n) is 4.63. The molecule has 3 fully saturated rings. The lowest BCUT2D eigenvalue weighted by molar-refractivity contribution is -0.237. The third-order valence-electron chi connectivity index (χ3n) is 5.41. The van der Waals surface area contributed by atoms with E-state index in [2.05, 4.69) is 0 Å². The van der Waals surface area contributed by atoms with Crippen molar-refractivity contribution in [2.45, 2.75) is 19.8 Å². The fourth-order valence-corrected chi connectivity index (χ4v) is 4.63. The molecular weight excluding hydrogens is 188 g/mol. The Balaban J connectivity index is 1.74.